The molecular weight excluding hydrogens is 402 g/mol. The van der Waals surface area contributed by atoms with Crippen LogP contribution in [0.25, 0.3) is 0 Å². The Labute approximate surface area is 166 Å². The Morgan fingerprint density at radius 2 is 1.62 bits per heavy atom. The third-order valence-corrected chi connectivity index (χ3v) is 5.19. The van der Waals surface area contributed by atoms with Gasteiger partial charge in [0.2, 0.25) is 11.8 Å². The first-order chi connectivity index (χ1) is 13.6. The maximum atomic E-state index is 12.1. The number of benzene rings is 2. The van der Waals surface area contributed by atoms with Crippen molar-refractivity contribution >= 4 is 38.7 Å². The number of methoxy groups -OCH3 is 1. The van der Waals surface area contributed by atoms with Crippen molar-refractivity contribution < 1.29 is 27.7 Å². The molecule has 0 heterocycles. The first-order valence-electron chi connectivity index (χ1n) is 8.29. The molecule has 2 amide bonds. The molecule has 0 aliphatic rings. The van der Waals surface area contributed by atoms with E-state index in [2.05, 4.69) is 10.6 Å². The van der Waals surface area contributed by atoms with Crippen molar-refractivity contribution in [2.24, 2.45) is 0 Å². The second kappa shape index (κ2) is 9.15. The summed E-state index contributed by atoms with van der Waals surface area (Å²) >= 11 is 0. The Hall–Kier alpha value is -3.47. The maximum absolute atomic E-state index is 12.1. The predicted octanol–water partition coefficient (Wildman–Crippen LogP) is 1.90. The van der Waals surface area contributed by atoms with Gasteiger partial charge in [0.1, 0.15) is 17.3 Å². The lowest BCUT2D eigenvalue weighted by Crippen LogP contribution is -2.30. The third-order valence-electron chi connectivity index (χ3n) is 3.78. The van der Waals surface area contributed by atoms with E-state index in [1.165, 1.54) is 19.2 Å². The molecule has 2 rings (SSSR count). The molecule has 2 N–H and O–H groups in total. The van der Waals surface area contributed by atoms with Crippen LogP contribution < -0.4 is 15.4 Å². The normalized spacial score (nSPS) is 10.8. The van der Waals surface area contributed by atoms with Crippen LogP contribution in [0.15, 0.2) is 42.5 Å². The van der Waals surface area contributed by atoms with Gasteiger partial charge < -0.3 is 15.4 Å². The van der Waals surface area contributed by atoms with Gasteiger partial charge in [-0.15, -0.1) is 0 Å². The number of nitro groups is 1. The summed E-state index contributed by atoms with van der Waals surface area (Å²) in [4.78, 5) is 34.2. The highest BCUT2D eigenvalue weighted by molar-refractivity contribution is 7.92. The van der Waals surface area contributed by atoms with Gasteiger partial charge in [-0.25, -0.2) is 8.42 Å². The number of amides is 2. The standard InChI is InChI=1S/C18H19N3O7S/c1-12-3-6-14(21(24)25)9-16(12)20-18(23)11-29(26,27)10-17(22)19-13-4-7-15(28-2)8-5-13/h3-9H,10-11H2,1-2H3,(H,19,22)(H,20,23). The number of nitro benzene ring substituents is 1. The molecule has 0 radical (unpaired) electrons. The van der Waals surface area contributed by atoms with E-state index in [1.54, 1.807) is 31.2 Å². The van der Waals surface area contributed by atoms with Gasteiger partial charge in [-0.3, -0.25) is 19.7 Å². The molecule has 0 aromatic heterocycles. The van der Waals surface area contributed by atoms with E-state index < -0.39 is 38.1 Å². The van der Waals surface area contributed by atoms with Crippen LogP contribution in [0.2, 0.25) is 0 Å². The molecule has 2 aromatic rings. The first-order valence-corrected chi connectivity index (χ1v) is 10.1. The summed E-state index contributed by atoms with van der Waals surface area (Å²) in [6, 6.07) is 10.1. The van der Waals surface area contributed by atoms with E-state index in [-0.39, 0.29) is 11.4 Å². The highest BCUT2D eigenvalue weighted by Crippen LogP contribution is 2.22. The minimum atomic E-state index is -4.06. The van der Waals surface area contributed by atoms with E-state index in [0.717, 1.165) is 6.07 Å². The molecule has 0 atom stereocenters. The van der Waals surface area contributed by atoms with Gasteiger partial charge >= 0.3 is 0 Å². The Morgan fingerprint density at radius 1 is 1.03 bits per heavy atom. The van der Waals surface area contributed by atoms with Crippen LogP contribution in [0.4, 0.5) is 17.1 Å². The Morgan fingerprint density at radius 3 is 2.17 bits per heavy atom. The Balaban J connectivity index is 1.97. The smallest absolute Gasteiger partial charge is 0.271 e. The lowest BCUT2D eigenvalue weighted by Gasteiger charge is -2.09. The van der Waals surface area contributed by atoms with Gasteiger partial charge in [0.05, 0.1) is 17.7 Å². The highest BCUT2D eigenvalue weighted by Gasteiger charge is 2.22. The van der Waals surface area contributed by atoms with Gasteiger partial charge in [0.25, 0.3) is 5.69 Å². The number of nitrogens with one attached hydrogen (secondary N) is 2. The zero-order valence-electron chi connectivity index (χ0n) is 15.7. The summed E-state index contributed by atoms with van der Waals surface area (Å²) < 4.78 is 29.3. The number of carbonyl (C=O) groups excluding carboxylic acids is 2. The average molecular weight is 421 g/mol. The monoisotopic (exact) mass is 421 g/mol. The summed E-state index contributed by atoms with van der Waals surface area (Å²) in [6.45, 7) is 1.61. The van der Waals surface area contributed by atoms with Crippen LogP contribution in [0.3, 0.4) is 0 Å². The number of ether oxygens (including phenoxy) is 1. The largest absolute Gasteiger partial charge is 0.497 e. The molecule has 0 spiro atoms. The molecular formula is C18H19N3O7S. The van der Waals surface area contributed by atoms with Crippen LogP contribution in [-0.2, 0) is 19.4 Å². The fourth-order valence-electron chi connectivity index (χ4n) is 2.37. The van der Waals surface area contributed by atoms with Gasteiger partial charge in [0, 0.05) is 17.8 Å². The van der Waals surface area contributed by atoms with E-state index in [4.69, 9.17) is 4.74 Å². The number of carbonyl (C=O) groups is 2. The van der Waals surface area contributed by atoms with E-state index in [0.29, 0.717) is 17.0 Å². The summed E-state index contributed by atoms with van der Waals surface area (Å²) in [6.07, 6.45) is 0. The second-order valence-corrected chi connectivity index (χ2v) is 8.18. The number of nitrogens with zero attached hydrogens (tertiary/aromatic N) is 1. The van der Waals surface area contributed by atoms with E-state index in [1.807, 2.05) is 0 Å². The maximum Gasteiger partial charge on any atom is 0.271 e. The molecule has 29 heavy (non-hydrogen) atoms. The molecule has 0 saturated carbocycles. The molecule has 0 aliphatic heterocycles. The molecule has 0 saturated heterocycles. The Bertz CT molecular complexity index is 1030. The fourth-order valence-corrected chi connectivity index (χ4v) is 3.41. The summed E-state index contributed by atoms with van der Waals surface area (Å²) in [5.74, 6) is -2.95. The zero-order chi connectivity index (χ0) is 21.6. The molecule has 11 heteroatoms. The van der Waals surface area contributed by atoms with Gasteiger partial charge in [0.15, 0.2) is 9.84 Å². The van der Waals surface area contributed by atoms with Gasteiger partial charge in [-0.2, -0.15) is 0 Å². The lowest BCUT2D eigenvalue weighted by molar-refractivity contribution is -0.384. The third kappa shape index (κ3) is 6.57. The topological polar surface area (TPSA) is 145 Å². The van der Waals surface area contributed by atoms with Crippen LogP contribution in [-0.4, -0.2) is 43.8 Å². The van der Waals surface area contributed by atoms with Crippen molar-refractivity contribution in [3.8, 4) is 5.75 Å². The van der Waals surface area contributed by atoms with Crippen molar-refractivity contribution in [1.29, 1.82) is 0 Å². The van der Waals surface area contributed by atoms with Crippen molar-refractivity contribution in [2.75, 3.05) is 29.2 Å². The quantitative estimate of drug-likeness (QED) is 0.489. The minimum absolute atomic E-state index is 0.127. The number of non-ortho nitro benzene ring substituents is 1. The summed E-state index contributed by atoms with van der Waals surface area (Å²) in [5.41, 5.74) is 0.788. The Kier molecular flexibility index (Phi) is 6.89. The predicted molar refractivity (Wildman–Crippen MR) is 107 cm³/mol. The molecule has 10 nitrogen and oxygen atoms in total. The zero-order valence-corrected chi connectivity index (χ0v) is 16.5. The van der Waals surface area contributed by atoms with Crippen LogP contribution >= 0.6 is 0 Å². The number of rotatable bonds is 8. The number of hydrogen-bond donors (Lipinski definition) is 2. The molecule has 2 aromatic carbocycles. The SMILES string of the molecule is COc1ccc(NC(=O)CS(=O)(=O)CC(=O)Nc2cc([N+](=O)[O-])ccc2C)cc1. The van der Waals surface area contributed by atoms with Crippen LogP contribution in [0, 0.1) is 17.0 Å². The number of anilines is 2. The first kappa shape index (κ1) is 21.8. The van der Waals surface area contributed by atoms with Crippen LogP contribution in [0.1, 0.15) is 5.56 Å². The summed E-state index contributed by atoms with van der Waals surface area (Å²) in [7, 11) is -2.57. The number of hydrogen-bond acceptors (Lipinski definition) is 7. The van der Waals surface area contributed by atoms with Crippen LogP contribution in [0.5, 0.6) is 5.75 Å². The van der Waals surface area contributed by atoms with Crippen molar-refractivity contribution in [1.82, 2.24) is 0 Å². The number of sulfone groups is 1. The minimum Gasteiger partial charge on any atom is -0.497 e. The van der Waals surface area contributed by atoms with E-state index in [9.17, 15) is 28.1 Å². The molecule has 0 aliphatic carbocycles. The van der Waals surface area contributed by atoms with Gasteiger partial charge in [-0.1, -0.05) is 6.07 Å². The highest BCUT2D eigenvalue weighted by atomic mass is 32.2. The van der Waals surface area contributed by atoms with Crippen molar-refractivity contribution in [3.63, 3.8) is 0 Å². The fraction of sp³-hybridized carbons (Fsp3) is 0.222. The molecule has 0 fully saturated rings. The van der Waals surface area contributed by atoms with Gasteiger partial charge in [-0.05, 0) is 36.8 Å². The second-order valence-electron chi connectivity index (χ2n) is 6.11. The lowest BCUT2D eigenvalue weighted by atomic mass is 10.2. The molecule has 154 valence electrons. The molecule has 0 unspecified atom stereocenters. The van der Waals surface area contributed by atoms with Crippen molar-refractivity contribution in [2.45, 2.75) is 6.92 Å². The number of aryl methyl sites for hydroxylation is 1. The van der Waals surface area contributed by atoms with E-state index >= 15 is 0 Å². The average Bonchev–Trinajstić information content (AvgIpc) is 2.62. The summed E-state index contributed by atoms with van der Waals surface area (Å²) in [5, 5.41) is 15.6. The van der Waals surface area contributed by atoms with Crippen molar-refractivity contribution in [3.05, 3.63) is 58.1 Å². The molecule has 0 bridgehead atoms.